The highest BCUT2D eigenvalue weighted by Gasteiger charge is 2.41. The van der Waals surface area contributed by atoms with Gasteiger partial charge in [-0.2, -0.15) is 18.2 Å². The number of nitrogens with one attached hydrogen (secondary N) is 1. The molecule has 0 aromatic carbocycles. The normalized spacial score (nSPS) is 27.0. The molecule has 1 N–H and O–H groups in total. The van der Waals surface area contributed by atoms with Gasteiger partial charge in [0.15, 0.2) is 0 Å². The maximum atomic E-state index is 12.1. The van der Waals surface area contributed by atoms with E-state index < -0.39 is 18.3 Å². The molecule has 120 valence electrons. The number of alkyl halides is 3. The van der Waals surface area contributed by atoms with Gasteiger partial charge in [-0.25, -0.2) is 0 Å². The second-order valence-electron chi connectivity index (χ2n) is 5.63. The minimum absolute atomic E-state index is 0.109. The second-order valence-corrected chi connectivity index (χ2v) is 5.63. The molecule has 21 heavy (non-hydrogen) atoms. The zero-order valence-corrected chi connectivity index (χ0v) is 12.2. The van der Waals surface area contributed by atoms with Crippen LogP contribution in [0, 0.1) is 5.92 Å². The molecule has 0 saturated heterocycles. The Morgan fingerprint density at radius 3 is 2.86 bits per heavy atom. The second kappa shape index (κ2) is 6.31. The Hall–Kier alpha value is -1.15. The highest BCUT2D eigenvalue weighted by atomic mass is 19.4. The minimum Gasteiger partial charge on any atom is -0.370 e. The van der Waals surface area contributed by atoms with Crippen LogP contribution in [0.15, 0.2) is 4.52 Å². The van der Waals surface area contributed by atoms with E-state index in [0.717, 1.165) is 25.7 Å². The van der Waals surface area contributed by atoms with E-state index >= 15 is 0 Å². The average Bonchev–Trinajstić information content (AvgIpc) is 2.86. The summed E-state index contributed by atoms with van der Waals surface area (Å²) in [5.41, 5.74) is -0.580. The van der Waals surface area contributed by atoms with Crippen molar-refractivity contribution in [2.45, 2.75) is 50.9 Å². The third-order valence-corrected chi connectivity index (χ3v) is 3.82. The molecule has 1 aliphatic rings. The van der Waals surface area contributed by atoms with Gasteiger partial charge in [0.1, 0.15) is 5.60 Å². The molecule has 2 rings (SSSR count). The lowest BCUT2D eigenvalue weighted by molar-refractivity contribution is -0.125. The van der Waals surface area contributed by atoms with E-state index in [1.165, 1.54) is 0 Å². The number of ether oxygens (including phenoxy) is 1. The number of methoxy groups -OCH3 is 1. The molecule has 1 fully saturated rings. The van der Waals surface area contributed by atoms with Gasteiger partial charge in [0.05, 0.1) is 13.1 Å². The summed E-state index contributed by atoms with van der Waals surface area (Å²) in [5, 5.41) is 6.14. The number of nitrogens with zero attached hydrogens (tertiary/aromatic N) is 2. The monoisotopic (exact) mass is 307 g/mol. The van der Waals surface area contributed by atoms with Crippen LogP contribution >= 0.6 is 0 Å². The van der Waals surface area contributed by atoms with E-state index in [4.69, 9.17) is 9.26 Å². The predicted molar refractivity (Wildman–Crippen MR) is 68.4 cm³/mol. The third-order valence-electron chi connectivity index (χ3n) is 3.82. The van der Waals surface area contributed by atoms with Gasteiger partial charge in [0.25, 0.3) is 0 Å². The third kappa shape index (κ3) is 4.16. The van der Waals surface area contributed by atoms with Crippen LogP contribution in [-0.2, 0) is 16.9 Å². The minimum atomic E-state index is -4.25. The van der Waals surface area contributed by atoms with Crippen molar-refractivity contribution in [3.8, 4) is 0 Å². The zero-order chi connectivity index (χ0) is 15.5. The van der Waals surface area contributed by atoms with E-state index in [1.807, 2.05) is 0 Å². The first-order chi connectivity index (χ1) is 9.85. The van der Waals surface area contributed by atoms with E-state index in [0.29, 0.717) is 11.7 Å². The molecule has 1 saturated carbocycles. The van der Waals surface area contributed by atoms with Crippen LogP contribution in [0.3, 0.4) is 0 Å². The van der Waals surface area contributed by atoms with Gasteiger partial charge in [-0.15, -0.1) is 0 Å². The predicted octanol–water partition coefficient (Wildman–Crippen LogP) is 2.77. The Morgan fingerprint density at radius 2 is 2.24 bits per heavy atom. The van der Waals surface area contributed by atoms with Crippen molar-refractivity contribution in [2.75, 3.05) is 13.7 Å². The maximum absolute atomic E-state index is 12.1. The summed E-state index contributed by atoms with van der Waals surface area (Å²) in [5.74, 6) is 1.06. The molecule has 1 aromatic heterocycles. The SMILES string of the molecule is COC1(c2noc(CNCC(F)(F)F)n2)CCCC(C)C1. The topological polar surface area (TPSA) is 60.2 Å². The van der Waals surface area contributed by atoms with Crippen molar-refractivity contribution >= 4 is 0 Å². The first kappa shape index (κ1) is 16.2. The quantitative estimate of drug-likeness (QED) is 0.906. The lowest BCUT2D eigenvalue weighted by Gasteiger charge is -2.36. The van der Waals surface area contributed by atoms with Gasteiger partial charge in [-0.1, -0.05) is 18.5 Å². The van der Waals surface area contributed by atoms with Gasteiger partial charge in [0, 0.05) is 7.11 Å². The lowest BCUT2D eigenvalue weighted by Crippen LogP contribution is -2.35. The number of rotatable bonds is 5. The summed E-state index contributed by atoms with van der Waals surface area (Å²) in [7, 11) is 1.61. The highest BCUT2D eigenvalue weighted by molar-refractivity contribution is 5.04. The molecule has 0 spiro atoms. The summed E-state index contributed by atoms with van der Waals surface area (Å²) < 4.78 is 46.8. The molecule has 0 amide bonds. The zero-order valence-electron chi connectivity index (χ0n) is 12.2. The van der Waals surface area contributed by atoms with Crippen LogP contribution in [0.25, 0.3) is 0 Å². The Bertz CT molecular complexity index is 464. The number of hydrogen-bond acceptors (Lipinski definition) is 5. The van der Waals surface area contributed by atoms with Crippen molar-refractivity contribution in [2.24, 2.45) is 5.92 Å². The molecule has 0 radical (unpaired) electrons. The number of aromatic nitrogens is 2. The Labute approximate surface area is 121 Å². The fourth-order valence-electron chi connectivity index (χ4n) is 2.81. The molecule has 0 bridgehead atoms. The van der Waals surface area contributed by atoms with E-state index in [-0.39, 0.29) is 12.4 Å². The Kier molecular flexibility index (Phi) is 4.88. The first-order valence-electron chi connectivity index (χ1n) is 7.00. The lowest BCUT2D eigenvalue weighted by atomic mass is 9.78. The van der Waals surface area contributed by atoms with E-state index in [1.54, 1.807) is 7.11 Å². The Morgan fingerprint density at radius 1 is 1.48 bits per heavy atom. The summed E-state index contributed by atoms with van der Waals surface area (Å²) in [6.07, 6.45) is -0.537. The molecule has 2 unspecified atom stereocenters. The molecule has 2 atom stereocenters. The summed E-state index contributed by atoms with van der Waals surface area (Å²) in [6.45, 7) is 0.942. The largest absolute Gasteiger partial charge is 0.401 e. The molecule has 1 aromatic rings. The van der Waals surface area contributed by atoms with E-state index in [2.05, 4.69) is 22.4 Å². The molecule has 1 aliphatic carbocycles. The fourth-order valence-corrected chi connectivity index (χ4v) is 2.81. The number of halogens is 3. The van der Waals surface area contributed by atoms with Crippen LogP contribution in [0.2, 0.25) is 0 Å². The van der Waals surface area contributed by atoms with Crippen LogP contribution in [0.1, 0.15) is 44.3 Å². The van der Waals surface area contributed by atoms with Crippen LogP contribution < -0.4 is 5.32 Å². The van der Waals surface area contributed by atoms with Gasteiger partial charge in [0.2, 0.25) is 11.7 Å². The molecule has 0 aliphatic heterocycles. The molecule has 8 heteroatoms. The van der Waals surface area contributed by atoms with Crippen molar-refractivity contribution in [1.29, 1.82) is 0 Å². The molecule has 1 heterocycles. The summed E-state index contributed by atoms with van der Waals surface area (Å²) in [4.78, 5) is 4.20. The molecular weight excluding hydrogens is 287 g/mol. The van der Waals surface area contributed by atoms with Crippen molar-refractivity contribution < 1.29 is 22.4 Å². The van der Waals surface area contributed by atoms with Crippen LogP contribution in [-0.4, -0.2) is 30.0 Å². The van der Waals surface area contributed by atoms with Crippen LogP contribution in [0.4, 0.5) is 13.2 Å². The summed E-state index contributed by atoms with van der Waals surface area (Å²) >= 11 is 0. The standard InChI is InChI=1S/C13H20F3N3O2/c1-9-4-3-5-12(6-9,20-2)11-18-10(21-19-11)7-17-8-13(14,15)16/h9,17H,3-8H2,1-2H3. The number of hydrogen-bond donors (Lipinski definition) is 1. The van der Waals surface area contributed by atoms with Crippen molar-refractivity contribution in [3.63, 3.8) is 0 Å². The van der Waals surface area contributed by atoms with Crippen molar-refractivity contribution in [3.05, 3.63) is 11.7 Å². The maximum Gasteiger partial charge on any atom is 0.401 e. The van der Waals surface area contributed by atoms with Crippen molar-refractivity contribution in [1.82, 2.24) is 15.5 Å². The molecule has 5 nitrogen and oxygen atoms in total. The average molecular weight is 307 g/mol. The van der Waals surface area contributed by atoms with Crippen LogP contribution in [0.5, 0.6) is 0 Å². The van der Waals surface area contributed by atoms with Gasteiger partial charge >= 0.3 is 6.18 Å². The summed E-state index contributed by atoms with van der Waals surface area (Å²) in [6, 6.07) is 0. The van der Waals surface area contributed by atoms with Gasteiger partial charge in [-0.05, 0) is 25.2 Å². The Balaban J connectivity index is 2.01. The molecular formula is C13H20F3N3O2. The van der Waals surface area contributed by atoms with E-state index in [9.17, 15) is 13.2 Å². The first-order valence-corrected chi connectivity index (χ1v) is 7.00. The van der Waals surface area contributed by atoms with Gasteiger partial charge in [-0.3, -0.25) is 0 Å². The fraction of sp³-hybridized carbons (Fsp3) is 0.846. The smallest absolute Gasteiger partial charge is 0.370 e. The van der Waals surface area contributed by atoms with Gasteiger partial charge < -0.3 is 14.6 Å². The highest BCUT2D eigenvalue weighted by Crippen LogP contribution is 2.41.